The van der Waals surface area contributed by atoms with Gasteiger partial charge in [-0.2, -0.15) is 0 Å². The summed E-state index contributed by atoms with van der Waals surface area (Å²) in [5, 5.41) is 3.47. The van der Waals surface area contributed by atoms with Crippen LogP contribution >= 0.6 is 0 Å². The van der Waals surface area contributed by atoms with E-state index in [9.17, 15) is 13.2 Å². The van der Waals surface area contributed by atoms with E-state index >= 15 is 0 Å². The molecule has 1 aliphatic rings. The monoisotopic (exact) mass is 568 g/mol. The Morgan fingerprint density at radius 3 is 2.30 bits per heavy atom. The molecule has 0 aliphatic carbocycles. The maximum Gasteiger partial charge on any atom is 0.226 e. The number of methoxy groups -OCH3 is 2. The van der Waals surface area contributed by atoms with Crippen LogP contribution in [0.25, 0.3) is 11.0 Å². The Morgan fingerprint density at radius 1 is 1.07 bits per heavy atom. The van der Waals surface area contributed by atoms with Crippen LogP contribution in [0.15, 0.2) is 42.6 Å². The Bertz CT molecular complexity index is 1450. The molecular weight excluding hydrogens is 528 g/mol. The molecule has 4 rings (SSSR count). The van der Waals surface area contributed by atoms with Gasteiger partial charge in [0.25, 0.3) is 0 Å². The fourth-order valence-electron chi connectivity index (χ4n) is 5.57. The molecule has 1 amide bonds. The zero-order chi connectivity index (χ0) is 29.2. The van der Waals surface area contributed by atoms with Crippen molar-refractivity contribution < 1.29 is 22.7 Å². The second-order valence-electron chi connectivity index (χ2n) is 11.6. The summed E-state index contributed by atoms with van der Waals surface area (Å²) in [5.74, 6) is 0.386. The zero-order valence-electron chi connectivity index (χ0n) is 24.4. The van der Waals surface area contributed by atoms with E-state index in [2.05, 4.69) is 36.1 Å². The summed E-state index contributed by atoms with van der Waals surface area (Å²) in [7, 11) is 2.04. The van der Waals surface area contributed by atoms with Gasteiger partial charge in [0.15, 0.2) is 0 Å². The summed E-state index contributed by atoms with van der Waals surface area (Å²) in [5.41, 5.74) is 4.73. The van der Waals surface area contributed by atoms with Gasteiger partial charge in [-0.15, -0.1) is 0 Å². The van der Waals surface area contributed by atoms with Crippen LogP contribution in [-0.2, 0) is 19.4 Å². The zero-order valence-corrected chi connectivity index (χ0v) is 25.2. The molecule has 1 saturated heterocycles. The molecule has 0 saturated carbocycles. The largest absolute Gasteiger partial charge is 0.481 e. The van der Waals surface area contributed by atoms with Crippen molar-refractivity contribution in [1.29, 1.82) is 0 Å². The van der Waals surface area contributed by atoms with Crippen molar-refractivity contribution in [3.8, 4) is 5.88 Å². The summed E-state index contributed by atoms with van der Waals surface area (Å²) in [4.78, 5) is 24.5. The molecular formula is C30H40N4O5S. The van der Waals surface area contributed by atoms with Crippen molar-refractivity contribution in [3.05, 3.63) is 53.7 Å². The van der Waals surface area contributed by atoms with Crippen LogP contribution in [0.1, 0.15) is 63.8 Å². The van der Waals surface area contributed by atoms with Crippen molar-refractivity contribution in [2.75, 3.05) is 38.1 Å². The third-order valence-electron chi connectivity index (χ3n) is 7.66. The second kappa shape index (κ2) is 11.7. The van der Waals surface area contributed by atoms with Crippen molar-refractivity contribution in [2.24, 2.45) is 11.3 Å². The van der Waals surface area contributed by atoms with Gasteiger partial charge in [0.2, 0.25) is 11.8 Å². The van der Waals surface area contributed by atoms with Crippen LogP contribution in [0.5, 0.6) is 5.88 Å². The highest BCUT2D eigenvalue weighted by Gasteiger charge is 2.37. The molecule has 0 spiro atoms. The van der Waals surface area contributed by atoms with Gasteiger partial charge in [-0.1, -0.05) is 32.9 Å². The lowest BCUT2D eigenvalue weighted by Crippen LogP contribution is -2.43. The molecule has 216 valence electrons. The number of carbonyl (C=O) groups is 1. The first kappa shape index (κ1) is 29.7. The number of anilines is 2. The van der Waals surface area contributed by atoms with Gasteiger partial charge >= 0.3 is 0 Å². The van der Waals surface area contributed by atoms with Gasteiger partial charge in [-0.3, -0.25) is 9.78 Å². The number of hydrogen-bond acceptors (Lipinski definition) is 8. The number of hydrogen-bond donors (Lipinski definition) is 1. The number of ether oxygens (including phenoxy) is 2. The third-order valence-corrected chi connectivity index (χ3v) is 9.38. The number of amides is 1. The van der Waals surface area contributed by atoms with E-state index in [-0.39, 0.29) is 40.9 Å². The Morgan fingerprint density at radius 2 is 1.73 bits per heavy atom. The minimum atomic E-state index is -3.03. The van der Waals surface area contributed by atoms with Crippen LogP contribution in [0.3, 0.4) is 0 Å². The maximum absolute atomic E-state index is 13.4. The number of rotatable bonds is 8. The predicted octanol–water partition coefficient (Wildman–Crippen LogP) is 5.46. The van der Waals surface area contributed by atoms with Crippen LogP contribution in [0.4, 0.5) is 11.4 Å². The Hall–Kier alpha value is -3.24. The fourth-order valence-corrected chi connectivity index (χ4v) is 7.06. The molecule has 1 fully saturated rings. The van der Waals surface area contributed by atoms with Gasteiger partial charge < -0.3 is 19.7 Å². The average molecular weight is 569 g/mol. The number of carbonyl (C=O) groups excluding carboxylic acids is 1. The van der Waals surface area contributed by atoms with Crippen LogP contribution in [0, 0.1) is 11.3 Å². The van der Waals surface area contributed by atoms with Gasteiger partial charge in [0, 0.05) is 37.4 Å². The number of fused-ring (bicyclic) bond motifs is 1. The van der Waals surface area contributed by atoms with Crippen LogP contribution in [-0.4, -0.2) is 62.0 Å². The standard InChI is InChI=1S/C30H40N4O5S/c1-19(38-6)26-24(18-31-23-12-13-25(39-7)33-27(23)26)32-22-10-8-20(9-11-22)28(30(2,3)4)34(5)29(35)21-14-16-40(36,37)17-15-21/h8-13,18-19,21,28,32H,14-17H2,1-7H3/t19-,28+/m1/s1. The van der Waals surface area contributed by atoms with Crippen LogP contribution in [0.2, 0.25) is 0 Å². The van der Waals surface area contributed by atoms with E-state index in [4.69, 9.17) is 9.47 Å². The molecule has 0 unspecified atom stereocenters. The number of aromatic nitrogens is 2. The van der Waals surface area contributed by atoms with Crippen molar-refractivity contribution in [3.63, 3.8) is 0 Å². The molecule has 3 heterocycles. The summed E-state index contributed by atoms with van der Waals surface area (Å²) in [6.45, 7) is 8.30. The Balaban J connectivity index is 1.61. The highest BCUT2D eigenvalue weighted by molar-refractivity contribution is 7.91. The smallest absolute Gasteiger partial charge is 0.226 e. The third kappa shape index (κ3) is 6.39. The first-order chi connectivity index (χ1) is 18.8. The molecule has 3 aromatic rings. The molecule has 40 heavy (non-hydrogen) atoms. The number of sulfone groups is 1. The molecule has 1 aliphatic heterocycles. The molecule has 1 aromatic carbocycles. The van der Waals surface area contributed by atoms with E-state index in [0.717, 1.165) is 28.0 Å². The molecule has 0 radical (unpaired) electrons. The lowest BCUT2D eigenvalue weighted by atomic mass is 9.80. The molecule has 10 heteroatoms. The molecule has 2 aromatic heterocycles. The van der Waals surface area contributed by atoms with Crippen molar-refractivity contribution in [1.82, 2.24) is 14.9 Å². The Kier molecular flexibility index (Phi) is 8.70. The quantitative estimate of drug-likeness (QED) is 0.381. The SMILES string of the molecule is COc1ccc2ncc(Nc3ccc([C@H](N(C)C(=O)C4CCS(=O)(=O)CC4)C(C)(C)C)cc3)c([C@@H](C)OC)c2n1. The second-order valence-corrected chi connectivity index (χ2v) is 13.9. The van der Waals surface area contributed by atoms with Gasteiger partial charge in [0.1, 0.15) is 15.4 Å². The molecule has 0 bridgehead atoms. The van der Waals surface area contributed by atoms with E-state index in [1.165, 1.54) is 0 Å². The first-order valence-electron chi connectivity index (χ1n) is 13.5. The van der Waals surface area contributed by atoms with E-state index < -0.39 is 9.84 Å². The van der Waals surface area contributed by atoms with E-state index in [1.54, 1.807) is 31.4 Å². The fraction of sp³-hybridized carbons (Fsp3) is 0.500. The number of nitrogens with one attached hydrogen (secondary N) is 1. The normalized spacial score (nSPS) is 17.3. The lowest BCUT2D eigenvalue weighted by Gasteiger charge is -2.40. The highest BCUT2D eigenvalue weighted by Crippen LogP contribution is 2.40. The molecule has 9 nitrogen and oxygen atoms in total. The summed E-state index contributed by atoms with van der Waals surface area (Å²) in [6.07, 6.45) is 2.30. The topological polar surface area (TPSA) is 111 Å². The van der Waals surface area contributed by atoms with E-state index in [0.29, 0.717) is 24.2 Å². The van der Waals surface area contributed by atoms with Crippen molar-refractivity contribution in [2.45, 2.75) is 52.7 Å². The molecule has 2 atom stereocenters. The Labute approximate surface area is 237 Å². The molecule has 1 N–H and O–H groups in total. The maximum atomic E-state index is 13.4. The first-order valence-corrected chi connectivity index (χ1v) is 15.4. The predicted molar refractivity (Wildman–Crippen MR) is 158 cm³/mol. The lowest BCUT2D eigenvalue weighted by molar-refractivity contribution is -0.139. The van der Waals surface area contributed by atoms with Gasteiger partial charge in [-0.25, -0.2) is 13.4 Å². The number of nitrogens with zero attached hydrogens (tertiary/aromatic N) is 3. The van der Waals surface area contributed by atoms with Gasteiger partial charge in [-0.05, 0) is 48.9 Å². The summed E-state index contributed by atoms with van der Waals surface area (Å²) < 4.78 is 34.8. The van der Waals surface area contributed by atoms with Crippen LogP contribution < -0.4 is 10.1 Å². The summed E-state index contributed by atoms with van der Waals surface area (Å²) in [6, 6.07) is 11.5. The minimum absolute atomic E-state index is 0.000359. The van der Waals surface area contributed by atoms with E-state index in [1.807, 2.05) is 44.3 Å². The number of pyridine rings is 2. The van der Waals surface area contributed by atoms with Crippen molar-refractivity contribution >= 4 is 38.2 Å². The average Bonchev–Trinajstić information content (AvgIpc) is 2.92. The summed E-state index contributed by atoms with van der Waals surface area (Å²) >= 11 is 0. The highest BCUT2D eigenvalue weighted by atomic mass is 32.2. The number of benzene rings is 1. The van der Waals surface area contributed by atoms with Gasteiger partial charge in [0.05, 0.1) is 48.2 Å². The minimum Gasteiger partial charge on any atom is -0.481 e.